The van der Waals surface area contributed by atoms with Gasteiger partial charge in [0.05, 0.1) is 10.2 Å². The summed E-state index contributed by atoms with van der Waals surface area (Å²) in [6.07, 6.45) is 0. The maximum atomic E-state index is 6.01. The maximum Gasteiger partial charge on any atom is 0.140 e. The highest BCUT2D eigenvalue weighted by molar-refractivity contribution is 7.18. The van der Waals surface area contributed by atoms with E-state index in [0.717, 1.165) is 21.8 Å². The van der Waals surface area contributed by atoms with Gasteiger partial charge in [0.1, 0.15) is 17.4 Å². The maximum absolute atomic E-state index is 6.01. The fourth-order valence-corrected chi connectivity index (χ4v) is 3.19. The number of ether oxygens (including phenoxy) is 1. The largest absolute Gasteiger partial charge is 0.486 e. The zero-order valence-corrected chi connectivity index (χ0v) is 13.1. The van der Waals surface area contributed by atoms with Crippen LogP contribution in [-0.2, 0) is 6.61 Å². The minimum absolute atomic E-state index is 0.130. The third-order valence-electron chi connectivity index (χ3n) is 3.15. The number of nitrogens with zero attached hydrogens (tertiary/aromatic N) is 1. The first-order valence-corrected chi connectivity index (χ1v) is 7.85. The lowest BCUT2D eigenvalue weighted by Gasteiger charge is -2.13. The third-order valence-corrected chi connectivity index (χ3v) is 4.40. The average molecular weight is 319 g/mol. The molecule has 21 heavy (non-hydrogen) atoms. The predicted octanol–water partition coefficient (Wildman–Crippen LogP) is 4.55. The molecule has 0 spiro atoms. The molecule has 5 heteroatoms. The molecular weight excluding hydrogens is 304 g/mol. The molecule has 1 heterocycles. The molecule has 3 aromatic rings. The molecule has 1 atom stereocenters. The van der Waals surface area contributed by atoms with Gasteiger partial charge in [-0.3, -0.25) is 0 Å². The van der Waals surface area contributed by atoms with E-state index in [-0.39, 0.29) is 6.04 Å². The molecule has 0 radical (unpaired) electrons. The monoisotopic (exact) mass is 318 g/mol. The van der Waals surface area contributed by atoms with Gasteiger partial charge < -0.3 is 10.5 Å². The number of halogens is 1. The van der Waals surface area contributed by atoms with Crippen LogP contribution in [0.5, 0.6) is 5.75 Å². The molecule has 0 aliphatic rings. The lowest BCUT2D eigenvalue weighted by Crippen LogP contribution is -2.08. The Bertz CT molecular complexity index is 737. The number of para-hydroxylation sites is 1. The SMILES string of the molecule is CC(N)c1cc(Cl)ccc1OCc1nc2ccccc2s1. The lowest BCUT2D eigenvalue weighted by atomic mass is 10.1. The van der Waals surface area contributed by atoms with Gasteiger partial charge in [-0.25, -0.2) is 4.98 Å². The Morgan fingerprint density at radius 1 is 1.29 bits per heavy atom. The van der Waals surface area contributed by atoms with Crippen LogP contribution in [0, 0.1) is 0 Å². The Labute approximate surface area is 132 Å². The van der Waals surface area contributed by atoms with Gasteiger partial charge in [0.2, 0.25) is 0 Å². The molecule has 3 nitrogen and oxygen atoms in total. The quantitative estimate of drug-likeness (QED) is 0.767. The van der Waals surface area contributed by atoms with E-state index in [0.29, 0.717) is 11.6 Å². The van der Waals surface area contributed by atoms with Crippen molar-refractivity contribution >= 4 is 33.2 Å². The van der Waals surface area contributed by atoms with Crippen LogP contribution in [-0.4, -0.2) is 4.98 Å². The minimum atomic E-state index is -0.130. The second-order valence-electron chi connectivity index (χ2n) is 4.83. The molecule has 3 rings (SSSR count). The van der Waals surface area contributed by atoms with Crippen LogP contribution in [0.3, 0.4) is 0 Å². The topological polar surface area (TPSA) is 48.1 Å². The first kappa shape index (κ1) is 14.3. The van der Waals surface area contributed by atoms with E-state index < -0.39 is 0 Å². The second kappa shape index (κ2) is 6.02. The van der Waals surface area contributed by atoms with Crippen molar-refractivity contribution in [3.63, 3.8) is 0 Å². The highest BCUT2D eigenvalue weighted by atomic mass is 35.5. The average Bonchev–Trinajstić information content (AvgIpc) is 2.88. The molecule has 2 N–H and O–H groups in total. The molecule has 0 saturated heterocycles. The molecular formula is C16H15ClN2OS. The smallest absolute Gasteiger partial charge is 0.140 e. The minimum Gasteiger partial charge on any atom is -0.486 e. The molecule has 1 aromatic heterocycles. The standard InChI is InChI=1S/C16H15ClN2OS/c1-10(18)12-8-11(17)6-7-14(12)20-9-16-19-13-4-2-3-5-15(13)21-16/h2-8,10H,9,18H2,1H3. The van der Waals surface area contributed by atoms with Crippen molar-refractivity contribution in [3.8, 4) is 5.75 Å². The van der Waals surface area contributed by atoms with Crippen molar-refractivity contribution in [3.05, 3.63) is 58.1 Å². The van der Waals surface area contributed by atoms with E-state index in [9.17, 15) is 0 Å². The van der Waals surface area contributed by atoms with Crippen molar-refractivity contribution < 1.29 is 4.74 Å². The van der Waals surface area contributed by atoms with Crippen LogP contribution in [0.4, 0.5) is 0 Å². The van der Waals surface area contributed by atoms with Crippen LogP contribution < -0.4 is 10.5 Å². The molecule has 0 amide bonds. The number of hydrogen-bond acceptors (Lipinski definition) is 4. The normalized spacial score (nSPS) is 12.5. The van der Waals surface area contributed by atoms with Gasteiger partial charge in [-0.2, -0.15) is 0 Å². The Kier molecular flexibility index (Phi) is 4.10. The summed E-state index contributed by atoms with van der Waals surface area (Å²) < 4.78 is 7.04. The molecule has 2 aromatic carbocycles. The van der Waals surface area contributed by atoms with Gasteiger partial charge in [-0.15, -0.1) is 11.3 Å². The number of fused-ring (bicyclic) bond motifs is 1. The molecule has 1 unspecified atom stereocenters. The summed E-state index contributed by atoms with van der Waals surface area (Å²) in [7, 11) is 0. The Morgan fingerprint density at radius 3 is 2.86 bits per heavy atom. The fraction of sp³-hybridized carbons (Fsp3) is 0.188. The summed E-state index contributed by atoms with van der Waals surface area (Å²) in [5.41, 5.74) is 7.87. The van der Waals surface area contributed by atoms with Gasteiger partial charge in [0.25, 0.3) is 0 Å². The van der Waals surface area contributed by atoms with Crippen LogP contribution in [0.25, 0.3) is 10.2 Å². The summed E-state index contributed by atoms with van der Waals surface area (Å²) in [4.78, 5) is 4.56. The fourth-order valence-electron chi connectivity index (χ4n) is 2.13. The summed E-state index contributed by atoms with van der Waals surface area (Å²) in [6.45, 7) is 2.34. The number of aromatic nitrogens is 1. The molecule has 0 saturated carbocycles. The Morgan fingerprint density at radius 2 is 2.10 bits per heavy atom. The van der Waals surface area contributed by atoms with E-state index in [2.05, 4.69) is 11.1 Å². The number of nitrogens with two attached hydrogens (primary N) is 1. The second-order valence-corrected chi connectivity index (χ2v) is 6.39. The molecule has 0 bridgehead atoms. The number of thiazole rings is 1. The lowest BCUT2D eigenvalue weighted by molar-refractivity contribution is 0.301. The zero-order valence-electron chi connectivity index (χ0n) is 11.5. The van der Waals surface area contributed by atoms with E-state index in [1.807, 2.05) is 37.3 Å². The van der Waals surface area contributed by atoms with Crippen LogP contribution in [0.2, 0.25) is 5.02 Å². The van der Waals surface area contributed by atoms with E-state index in [1.54, 1.807) is 17.4 Å². The van der Waals surface area contributed by atoms with E-state index in [1.165, 1.54) is 4.70 Å². The number of rotatable bonds is 4. The highest BCUT2D eigenvalue weighted by Gasteiger charge is 2.10. The van der Waals surface area contributed by atoms with Crippen molar-refractivity contribution in [2.75, 3.05) is 0 Å². The third kappa shape index (κ3) is 3.18. The summed E-state index contributed by atoms with van der Waals surface area (Å²) in [5.74, 6) is 0.758. The van der Waals surface area contributed by atoms with Crippen LogP contribution >= 0.6 is 22.9 Å². The van der Waals surface area contributed by atoms with E-state index in [4.69, 9.17) is 22.1 Å². The number of hydrogen-bond donors (Lipinski definition) is 1. The van der Waals surface area contributed by atoms with E-state index >= 15 is 0 Å². The van der Waals surface area contributed by atoms with Gasteiger partial charge >= 0.3 is 0 Å². The summed E-state index contributed by atoms with van der Waals surface area (Å²) >= 11 is 7.65. The highest BCUT2D eigenvalue weighted by Crippen LogP contribution is 2.29. The molecule has 108 valence electrons. The van der Waals surface area contributed by atoms with Gasteiger partial charge in [-0.05, 0) is 37.3 Å². The van der Waals surface area contributed by atoms with Crippen molar-refractivity contribution in [2.45, 2.75) is 19.6 Å². The van der Waals surface area contributed by atoms with Crippen molar-refractivity contribution in [2.24, 2.45) is 5.73 Å². The first-order chi connectivity index (χ1) is 10.1. The molecule has 0 aliphatic heterocycles. The van der Waals surface area contributed by atoms with Crippen LogP contribution in [0.15, 0.2) is 42.5 Å². The molecule has 0 aliphatic carbocycles. The van der Waals surface area contributed by atoms with Gasteiger partial charge in [-0.1, -0.05) is 23.7 Å². The van der Waals surface area contributed by atoms with Crippen molar-refractivity contribution in [1.29, 1.82) is 0 Å². The Hall–Kier alpha value is -1.62. The summed E-state index contributed by atoms with van der Waals surface area (Å²) in [5, 5.41) is 1.61. The van der Waals surface area contributed by atoms with Gasteiger partial charge in [0, 0.05) is 16.6 Å². The first-order valence-electron chi connectivity index (χ1n) is 6.66. The zero-order chi connectivity index (χ0) is 14.8. The summed E-state index contributed by atoms with van der Waals surface area (Å²) in [6, 6.07) is 13.4. The van der Waals surface area contributed by atoms with Crippen molar-refractivity contribution in [1.82, 2.24) is 4.98 Å². The predicted molar refractivity (Wildman–Crippen MR) is 88.0 cm³/mol. The number of benzene rings is 2. The Balaban J connectivity index is 1.81. The van der Waals surface area contributed by atoms with Crippen LogP contribution in [0.1, 0.15) is 23.5 Å². The van der Waals surface area contributed by atoms with Gasteiger partial charge in [0.15, 0.2) is 0 Å². The molecule has 0 fully saturated rings.